The van der Waals surface area contributed by atoms with Crippen molar-refractivity contribution in [3.8, 4) is 0 Å². The van der Waals surface area contributed by atoms with Crippen molar-refractivity contribution in [1.29, 1.82) is 0 Å². The quantitative estimate of drug-likeness (QED) is 0.325. The molecule has 0 fully saturated rings. The molecule has 9 nitrogen and oxygen atoms in total. The Kier molecular flexibility index (Phi) is 5.23. The lowest BCUT2D eigenvalue weighted by Gasteiger charge is -2.24. The predicted molar refractivity (Wildman–Crippen MR) is 102 cm³/mol. The minimum absolute atomic E-state index is 0.00924. The number of amides is 1. The van der Waals surface area contributed by atoms with Crippen LogP contribution in [0.4, 0.5) is 17.3 Å². The number of anilines is 3. The van der Waals surface area contributed by atoms with E-state index >= 15 is 0 Å². The van der Waals surface area contributed by atoms with Crippen molar-refractivity contribution in [3.63, 3.8) is 0 Å². The fourth-order valence-electron chi connectivity index (χ4n) is 2.55. The number of nitrogens with zero attached hydrogens (tertiary/aromatic N) is 4. The maximum atomic E-state index is 11.7. The van der Waals surface area contributed by atoms with E-state index < -0.39 is 5.91 Å². The van der Waals surface area contributed by atoms with Gasteiger partial charge < -0.3 is 15.8 Å². The number of carbonyl (C=O) groups excluding carboxylic acids is 2. The number of nitrogens with one attached hydrogen (secondary N) is 1. The van der Waals surface area contributed by atoms with E-state index in [0.717, 1.165) is 17.1 Å². The lowest BCUT2D eigenvalue weighted by Crippen LogP contribution is -2.40. The van der Waals surface area contributed by atoms with Crippen LogP contribution in [0.3, 0.4) is 0 Å². The number of benzene rings is 1. The molecule has 1 amide bonds. The monoisotopic (exact) mass is 365 g/mol. The third-order valence-electron chi connectivity index (χ3n) is 4.07. The third-order valence-corrected chi connectivity index (χ3v) is 4.07. The highest BCUT2D eigenvalue weighted by Crippen LogP contribution is 2.24. The molecule has 2 aromatic heterocycles. The predicted octanol–water partition coefficient (Wildman–Crippen LogP) is 1.52. The van der Waals surface area contributed by atoms with Gasteiger partial charge >= 0.3 is 0 Å². The Morgan fingerprint density at radius 2 is 2.11 bits per heavy atom. The van der Waals surface area contributed by atoms with Gasteiger partial charge in [0, 0.05) is 29.9 Å². The number of primary amides is 1. The van der Waals surface area contributed by atoms with Crippen molar-refractivity contribution < 1.29 is 9.59 Å². The van der Waals surface area contributed by atoms with Crippen molar-refractivity contribution >= 4 is 40.3 Å². The van der Waals surface area contributed by atoms with Crippen LogP contribution in [0.25, 0.3) is 10.8 Å². The minimum atomic E-state index is -0.717. The van der Waals surface area contributed by atoms with Gasteiger partial charge in [-0.25, -0.2) is 15.8 Å². The van der Waals surface area contributed by atoms with Crippen molar-refractivity contribution in [2.45, 2.75) is 19.4 Å². The molecule has 0 bridgehead atoms. The molecule has 27 heavy (non-hydrogen) atoms. The Morgan fingerprint density at radius 1 is 1.30 bits per heavy atom. The summed E-state index contributed by atoms with van der Waals surface area (Å²) >= 11 is 0. The van der Waals surface area contributed by atoms with E-state index in [2.05, 4.69) is 20.3 Å². The smallest absolute Gasteiger partial charge is 0.271 e. The highest BCUT2D eigenvalue weighted by Gasteiger charge is 2.18. The van der Waals surface area contributed by atoms with Gasteiger partial charge in [-0.15, -0.1) is 0 Å². The van der Waals surface area contributed by atoms with Crippen LogP contribution in [0.5, 0.6) is 0 Å². The molecule has 9 heteroatoms. The van der Waals surface area contributed by atoms with Crippen molar-refractivity contribution in [1.82, 2.24) is 15.0 Å². The van der Waals surface area contributed by atoms with Crippen molar-refractivity contribution in [2.24, 2.45) is 11.6 Å². The van der Waals surface area contributed by atoms with Gasteiger partial charge in [0.15, 0.2) is 17.3 Å². The summed E-state index contributed by atoms with van der Waals surface area (Å²) in [5.74, 6) is 5.78. The summed E-state index contributed by atoms with van der Waals surface area (Å²) in [5.41, 5.74) is 6.10. The van der Waals surface area contributed by atoms with Gasteiger partial charge in [-0.3, -0.25) is 14.8 Å². The molecule has 0 aliphatic rings. The van der Waals surface area contributed by atoms with Gasteiger partial charge in [0.25, 0.3) is 5.91 Å². The molecule has 2 heterocycles. The standard InChI is InChI=1S/C18H19N7O2/c1-11(5-7-26)25(20)15-10-22-16(17(19)27)18(24-15)23-14-3-2-13-9-21-6-4-12(13)8-14/h2-4,6-11H,5,20H2,1H3,(H2,19,27)(H,23,24). The average Bonchev–Trinajstić information content (AvgIpc) is 2.67. The number of aromatic nitrogens is 3. The molecule has 3 rings (SSSR count). The number of fused-ring (bicyclic) bond motifs is 1. The largest absolute Gasteiger partial charge is 0.364 e. The maximum Gasteiger partial charge on any atom is 0.271 e. The zero-order valence-electron chi connectivity index (χ0n) is 14.7. The summed E-state index contributed by atoms with van der Waals surface area (Å²) < 4.78 is 0. The van der Waals surface area contributed by atoms with E-state index in [1.165, 1.54) is 11.2 Å². The molecule has 1 unspecified atom stereocenters. The van der Waals surface area contributed by atoms with Gasteiger partial charge in [0.2, 0.25) is 0 Å². The van der Waals surface area contributed by atoms with Crippen LogP contribution in [-0.4, -0.2) is 33.2 Å². The number of carbonyl (C=O) groups is 2. The molecular formula is C18H19N7O2. The van der Waals surface area contributed by atoms with E-state index in [-0.39, 0.29) is 24.0 Å². The number of hydrazine groups is 1. The summed E-state index contributed by atoms with van der Waals surface area (Å²) in [6.45, 7) is 1.78. The fraction of sp³-hybridized carbons (Fsp3) is 0.167. The third kappa shape index (κ3) is 3.98. The summed E-state index contributed by atoms with van der Waals surface area (Å²) in [5, 5.41) is 6.34. The number of pyridine rings is 1. The Morgan fingerprint density at radius 3 is 2.85 bits per heavy atom. The van der Waals surface area contributed by atoms with Gasteiger partial charge in [-0.2, -0.15) is 0 Å². The zero-order valence-corrected chi connectivity index (χ0v) is 14.7. The molecule has 1 atom stereocenters. The molecule has 0 saturated heterocycles. The van der Waals surface area contributed by atoms with E-state index in [1.807, 2.05) is 24.3 Å². The topological polar surface area (TPSA) is 140 Å². The number of nitrogens with two attached hydrogens (primary N) is 2. The van der Waals surface area contributed by atoms with Crippen LogP contribution >= 0.6 is 0 Å². The first-order valence-corrected chi connectivity index (χ1v) is 8.25. The van der Waals surface area contributed by atoms with Crippen LogP contribution in [-0.2, 0) is 4.79 Å². The molecule has 1 aromatic carbocycles. The summed E-state index contributed by atoms with van der Waals surface area (Å²) in [4.78, 5) is 35.0. The molecule has 0 spiro atoms. The highest BCUT2D eigenvalue weighted by molar-refractivity contribution is 5.96. The lowest BCUT2D eigenvalue weighted by molar-refractivity contribution is -0.108. The van der Waals surface area contributed by atoms with Crippen LogP contribution in [0.1, 0.15) is 23.8 Å². The number of hydrogen-bond acceptors (Lipinski definition) is 8. The molecule has 3 aromatic rings. The number of hydrogen-bond donors (Lipinski definition) is 3. The second kappa shape index (κ2) is 7.75. The van der Waals surface area contributed by atoms with Crippen LogP contribution in [0, 0.1) is 0 Å². The summed E-state index contributed by atoms with van der Waals surface area (Å²) in [6.07, 6.45) is 5.81. The molecule has 0 saturated carbocycles. The van der Waals surface area contributed by atoms with E-state index in [9.17, 15) is 9.59 Å². The average molecular weight is 365 g/mol. The fourth-order valence-corrected chi connectivity index (χ4v) is 2.55. The van der Waals surface area contributed by atoms with E-state index in [0.29, 0.717) is 11.5 Å². The van der Waals surface area contributed by atoms with Crippen LogP contribution in [0.15, 0.2) is 42.9 Å². The zero-order chi connectivity index (χ0) is 19.4. The first kappa shape index (κ1) is 18.2. The second-order valence-electron chi connectivity index (χ2n) is 6.01. The lowest BCUT2D eigenvalue weighted by atomic mass is 10.1. The SMILES string of the molecule is CC(CC=O)N(N)c1cnc(C(N)=O)c(Nc2ccc3cnccc3c2)n1. The molecule has 0 aliphatic heterocycles. The van der Waals surface area contributed by atoms with Crippen LogP contribution < -0.4 is 21.9 Å². The molecular weight excluding hydrogens is 346 g/mol. The summed E-state index contributed by atoms with van der Waals surface area (Å²) in [6, 6.07) is 7.22. The van der Waals surface area contributed by atoms with Gasteiger partial charge in [0.1, 0.15) is 6.29 Å². The maximum absolute atomic E-state index is 11.7. The molecule has 5 N–H and O–H groups in total. The normalized spacial score (nSPS) is 11.8. The Bertz CT molecular complexity index is 992. The van der Waals surface area contributed by atoms with E-state index in [4.69, 9.17) is 11.6 Å². The summed E-state index contributed by atoms with van der Waals surface area (Å²) in [7, 11) is 0. The highest BCUT2D eigenvalue weighted by atomic mass is 16.1. The Balaban J connectivity index is 1.96. The second-order valence-corrected chi connectivity index (χ2v) is 6.01. The molecule has 0 aliphatic carbocycles. The van der Waals surface area contributed by atoms with E-state index in [1.54, 1.807) is 19.3 Å². The number of rotatable bonds is 7. The van der Waals surface area contributed by atoms with Gasteiger partial charge in [0.05, 0.1) is 12.2 Å². The molecule has 0 radical (unpaired) electrons. The van der Waals surface area contributed by atoms with Crippen molar-refractivity contribution in [2.75, 3.05) is 10.3 Å². The minimum Gasteiger partial charge on any atom is -0.364 e. The van der Waals surface area contributed by atoms with Gasteiger partial charge in [-0.05, 0) is 30.5 Å². The van der Waals surface area contributed by atoms with Crippen LogP contribution in [0.2, 0.25) is 0 Å². The number of aldehydes is 1. The van der Waals surface area contributed by atoms with Gasteiger partial charge in [-0.1, -0.05) is 6.07 Å². The molecule has 138 valence electrons. The van der Waals surface area contributed by atoms with Crippen molar-refractivity contribution in [3.05, 3.63) is 48.5 Å². The Labute approximate surface area is 155 Å². The first-order valence-electron chi connectivity index (χ1n) is 8.25. The Hall–Kier alpha value is -3.59. The first-order chi connectivity index (χ1) is 13.0.